The first kappa shape index (κ1) is 6.13. The predicted molar refractivity (Wildman–Crippen MR) is 39.0 cm³/mol. The van der Waals surface area contributed by atoms with Crippen LogP contribution in [0.4, 0.5) is 5.95 Å². The molecule has 1 aromatic rings. The van der Waals surface area contributed by atoms with Gasteiger partial charge in [0, 0.05) is 0 Å². The van der Waals surface area contributed by atoms with Crippen molar-refractivity contribution in [2.45, 2.75) is 0 Å². The van der Waals surface area contributed by atoms with Crippen molar-refractivity contribution in [1.82, 2.24) is 9.97 Å². The summed E-state index contributed by atoms with van der Waals surface area (Å²) in [6, 6.07) is 0. The van der Waals surface area contributed by atoms with E-state index in [9.17, 15) is 0 Å². The van der Waals surface area contributed by atoms with Crippen molar-refractivity contribution in [2.24, 2.45) is 0 Å². The number of nitrogen functional groups attached to an aromatic ring is 1. The van der Waals surface area contributed by atoms with E-state index in [4.69, 9.17) is 5.73 Å². The van der Waals surface area contributed by atoms with E-state index < -0.39 is 0 Å². The third-order valence-electron chi connectivity index (χ3n) is 0.927. The van der Waals surface area contributed by atoms with Gasteiger partial charge in [-0.05, 0) is 0 Å². The Morgan fingerprint density at radius 2 is 2.00 bits per heavy atom. The first-order chi connectivity index (χ1) is 4.33. The molecule has 0 aliphatic rings. The average molecular weight is 117 g/mol. The SMILES string of the molecule is B=Bc1cnc(N)nc1. The molecule has 9 heavy (non-hydrogen) atoms. The summed E-state index contributed by atoms with van der Waals surface area (Å²) in [6.07, 6.45) is 3.24. The molecule has 42 valence electrons. The van der Waals surface area contributed by atoms with E-state index in [-0.39, 0.29) is 0 Å². The molecule has 0 fully saturated rings. The topological polar surface area (TPSA) is 51.8 Å². The van der Waals surface area contributed by atoms with Crippen LogP contribution in [0.3, 0.4) is 0 Å². The third kappa shape index (κ3) is 1.45. The van der Waals surface area contributed by atoms with Gasteiger partial charge in [-0.2, -0.15) is 0 Å². The van der Waals surface area contributed by atoms with Crippen molar-refractivity contribution in [3.05, 3.63) is 12.4 Å². The van der Waals surface area contributed by atoms with Crippen LogP contribution >= 0.6 is 0 Å². The van der Waals surface area contributed by atoms with Crippen molar-refractivity contribution >= 4 is 25.6 Å². The fraction of sp³-hybridized carbons (Fsp3) is 0. The van der Waals surface area contributed by atoms with Gasteiger partial charge in [-0.3, -0.25) is 0 Å². The first-order valence-electron chi connectivity index (χ1n) is 2.53. The summed E-state index contributed by atoms with van der Waals surface area (Å²) in [4.78, 5) is 7.49. The molecule has 0 unspecified atom stereocenters. The van der Waals surface area contributed by atoms with Gasteiger partial charge in [-0.25, -0.2) is 0 Å². The number of nitrogens with two attached hydrogens (primary N) is 1. The van der Waals surface area contributed by atoms with E-state index in [1.54, 1.807) is 19.2 Å². The maximum atomic E-state index is 5.22. The molecule has 3 nitrogen and oxygen atoms in total. The summed E-state index contributed by atoms with van der Waals surface area (Å²) in [5.74, 6) is 0.292. The number of aromatic nitrogens is 2. The fourth-order valence-electron chi connectivity index (χ4n) is 0.453. The molecular weight excluding hydrogens is 112 g/mol. The average Bonchev–Trinajstić information content (AvgIpc) is 1.90. The zero-order valence-corrected chi connectivity index (χ0v) is 4.91. The molecule has 1 rings (SSSR count). The Morgan fingerprint density at radius 1 is 1.44 bits per heavy atom. The third-order valence-corrected chi connectivity index (χ3v) is 0.927. The number of rotatable bonds is 1. The second-order valence-corrected chi connectivity index (χ2v) is 1.58. The summed E-state index contributed by atoms with van der Waals surface area (Å²) >= 11 is 0. The van der Waals surface area contributed by atoms with Gasteiger partial charge in [0.25, 0.3) is 0 Å². The molecule has 0 saturated carbocycles. The number of anilines is 1. The van der Waals surface area contributed by atoms with Crippen LogP contribution in [0.25, 0.3) is 0 Å². The molecule has 0 atom stereocenters. The Hall–Kier alpha value is -0.990. The van der Waals surface area contributed by atoms with Crippen LogP contribution in [-0.4, -0.2) is 24.1 Å². The second kappa shape index (κ2) is 2.53. The van der Waals surface area contributed by atoms with E-state index >= 15 is 0 Å². The second-order valence-electron chi connectivity index (χ2n) is 1.58. The van der Waals surface area contributed by atoms with Crippen LogP contribution in [0.5, 0.6) is 0 Å². The zero-order chi connectivity index (χ0) is 6.69. The Balaban J connectivity index is 3.01. The summed E-state index contributed by atoms with van der Waals surface area (Å²) in [5.41, 5.74) is 6.10. The maximum absolute atomic E-state index is 5.22. The Kier molecular flexibility index (Phi) is 1.72. The van der Waals surface area contributed by atoms with Crippen LogP contribution in [-0.2, 0) is 0 Å². The van der Waals surface area contributed by atoms with Crippen molar-refractivity contribution in [1.29, 1.82) is 0 Å². The van der Waals surface area contributed by atoms with Crippen LogP contribution in [0.1, 0.15) is 0 Å². The van der Waals surface area contributed by atoms with Gasteiger partial charge in [0.2, 0.25) is 0 Å². The molecule has 0 saturated heterocycles. The number of hydrogen-bond donors (Lipinski definition) is 1. The molecule has 0 spiro atoms. The van der Waals surface area contributed by atoms with E-state index in [2.05, 4.69) is 17.3 Å². The van der Waals surface area contributed by atoms with Crippen molar-refractivity contribution < 1.29 is 0 Å². The summed E-state index contributed by atoms with van der Waals surface area (Å²) < 4.78 is 0. The van der Waals surface area contributed by atoms with Gasteiger partial charge in [-0.1, -0.05) is 0 Å². The molecule has 0 aliphatic carbocycles. The molecule has 0 radical (unpaired) electrons. The number of nitrogens with zero attached hydrogens (tertiary/aromatic N) is 2. The van der Waals surface area contributed by atoms with Gasteiger partial charge in [0.1, 0.15) is 0 Å². The summed E-state index contributed by atoms with van der Waals surface area (Å²) in [6.45, 7) is 1.67. The van der Waals surface area contributed by atoms with Crippen molar-refractivity contribution in [3.8, 4) is 0 Å². The standard InChI is InChI=1S/C4H5B2N3/c5-6-3-1-8-4(7)9-2-3/h1-2,5H,(H2,7,8,9). The molecule has 0 amide bonds. The molecule has 1 aromatic heterocycles. The van der Waals surface area contributed by atoms with E-state index in [0.717, 1.165) is 5.46 Å². The van der Waals surface area contributed by atoms with Crippen LogP contribution in [0.2, 0.25) is 0 Å². The Labute approximate surface area is 54.6 Å². The molecule has 0 bridgehead atoms. The summed E-state index contributed by atoms with van der Waals surface area (Å²) in [7, 11) is 3.54. The van der Waals surface area contributed by atoms with E-state index in [0.29, 0.717) is 5.95 Å². The Bertz CT molecular complexity index is 208. The normalized spacial score (nSPS) is 8.33. The van der Waals surface area contributed by atoms with Gasteiger partial charge in [0.15, 0.2) is 0 Å². The molecule has 0 aliphatic heterocycles. The summed E-state index contributed by atoms with van der Waals surface area (Å²) in [5, 5.41) is 0. The van der Waals surface area contributed by atoms with Crippen molar-refractivity contribution in [2.75, 3.05) is 5.73 Å². The zero-order valence-electron chi connectivity index (χ0n) is 4.91. The van der Waals surface area contributed by atoms with Gasteiger partial charge in [-0.15, -0.1) is 0 Å². The van der Waals surface area contributed by atoms with Crippen molar-refractivity contribution in [3.63, 3.8) is 0 Å². The first-order valence-corrected chi connectivity index (χ1v) is 2.53. The monoisotopic (exact) mass is 117 g/mol. The quantitative estimate of drug-likeness (QED) is 0.441. The molecule has 1 heterocycles. The van der Waals surface area contributed by atoms with Crippen LogP contribution in [0.15, 0.2) is 12.4 Å². The molecule has 5 heteroatoms. The minimum atomic E-state index is 0.292. The van der Waals surface area contributed by atoms with E-state index in [1.807, 2.05) is 0 Å². The molecule has 0 aromatic carbocycles. The molecule has 2 N–H and O–H groups in total. The molecular formula is C4H5B2N3. The number of hydrogen-bond acceptors (Lipinski definition) is 3. The van der Waals surface area contributed by atoms with Crippen LogP contribution < -0.4 is 11.2 Å². The van der Waals surface area contributed by atoms with Gasteiger partial charge in [0.05, 0.1) is 0 Å². The van der Waals surface area contributed by atoms with Gasteiger partial charge >= 0.3 is 53.7 Å². The van der Waals surface area contributed by atoms with E-state index in [1.165, 1.54) is 0 Å². The fourth-order valence-corrected chi connectivity index (χ4v) is 0.453. The van der Waals surface area contributed by atoms with Gasteiger partial charge < -0.3 is 0 Å². The minimum absolute atomic E-state index is 0.292. The van der Waals surface area contributed by atoms with Crippen LogP contribution in [0, 0.1) is 0 Å². The Morgan fingerprint density at radius 3 is 2.44 bits per heavy atom. The predicted octanol–water partition coefficient (Wildman–Crippen LogP) is -1.80.